The Labute approximate surface area is 182 Å². The van der Waals surface area contributed by atoms with Gasteiger partial charge >= 0.3 is 6.18 Å². The van der Waals surface area contributed by atoms with E-state index in [4.69, 9.17) is 0 Å². The van der Waals surface area contributed by atoms with Gasteiger partial charge in [0.1, 0.15) is 0 Å². The van der Waals surface area contributed by atoms with Gasteiger partial charge in [0, 0.05) is 10.0 Å². The Morgan fingerprint density at radius 1 is 1.03 bits per heavy atom. The Hall–Kier alpha value is -1.86. The van der Waals surface area contributed by atoms with E-state index in [1.807, 2.05) is 30.3 Å². The van der Waals surface area contributed by atoms with Crippen LogP contribution in [0.2, 0.25) is 0 Å². The molecule has 7 heteroatoms. The number of carbonyl (C=O) groups is 1. The van der Waals surface area contributed by atoms with Crippen molar-refractivity contribution in [1.82, 2.24) is 10.2 Å². The Bertz CT molecular complexity index is 906. The van der Waals surface area contributed by atoms with Gasteiger partial charge in [-0.25, -0.2) is 0 Å². The van der Waals surface area contributed by atoms with Crippen molar-refractivity contribution in [3.05, 3.63) is 69.7 Å². The zero-order chi connectivity index (χ0) is 21.4. The molecule has 0 radical (unpaired) electrons. The third-order valence-electron chi connectivity index (χ3n) is 6.44. The molecule has 1 saturated carbocycles. The van der Waals surface area contributed by atoms with Gasteiger partial charge in [0.2, 0.25) is 0 Å². The van der Waals surface area contributed by atoms with Crippen LogP contribution in [0.5, 0.6) is 0 Å². The van der Waals surface area contributed by atoms with Crippen molar-refractivity contribution in [2.45, 2.75) is 49.9 Å². The first-order valence-corrected chi connectivity index (χ1v) is 11.1. The van der Waals surface area contributed by atoms with E-state index in [9.17, 15) is 18.0 Å². The van der Waals surface area contributed by atoms with Crippen molar-refractivity contribution in [1.29, 1.82) is 0 Å². The molecule has 1 amide bonds. The predicted octanol–water partition coefficient (Wildman–Crippen LogP) is 5.96. The largest absolute Gasteiger partial charge is 0.416 e. The molecule has 3 nitrogen and oxygen atoms in total. The van der Waals surface area contributed by atoms with Crippen LogP contribution >= 0.6 is 15.9 Å². The highest BCUT2D eigenvalue weighted by Gasteiger charge is 2.50. The second-order valence-corrected chi connectivity index (χ2v) is 9.02. The van der Waals surface area contributed by atoms with E-state index in [2.05, 4.69) is 26.1 Å². The third kappa shape index (κ3) is 4.02. The molecule has 0 bridgehead atoms. The summed E-state index contributed by atoms with van der Waals surface area (Å²) in [7, 11) is 0. The van der Waals surface area contributed by atoms with Crippen molar-refractivity contribution < 1.29 is 18.0 Å². The Morgan fingerprint density at radius 2 is 1.70 bits per heavy atom. The number of halogens is 4. The molecular weight excluding hydrogens is 457 g/mol. The van der Waals surface area contributed by atoms with Crippen LogP contribution in [0.1, 0.15) is 59.6 Å². The Balaban J connectivity index is 1.65. The zero-order valence-electron chi connectivity index (χ0n) is 16.5. The molecule has 2 aliphatic rings. The van der Waals surface area contributed by atoms with Crippen molar-refractivity contribution >= 4 is 21.8 Å². The highest BCUT2D eigenvalue weighted by atomic mass is 79.9. The van der Waals surface area contributed by atoms with E-state index in [0.717, 1.165) is 62.9 Å². The maximum atomic E-state index is 13.2. The summed E-state index contributed by atoms with van der Waals surface area (Å²) in [6, 6.07) is 12.8. The summed E-state index contributed by atoms with van der Waals surface area (Å²) in [6.07, 6.45) is 0.973. The fourth-order valence-electron chi connectivity index (χ4n) is 4.75. The van der Waals surface area contributed by atoms with Crippen LogP contribution < -0.4 is 5.32 Å². The van der Waals surface area contributed by atoms with Gasteiger partial charge in [-0.05, 0) is 84.9 Å². The normalized spacial score (nSPS) is 19.9. The number of benzene rings is 2. The maximum absolute atomic E-state index is 13.2. The van der Waals surface area contributed by atoms with Crippen molar-refractivity contribution in [2.24, 2.45) is 0 Å². The van der Waals surface area contributed by atoms with Crippen LogP contribution in [-0.2, 0) is 6.18 Å². The maximum Gasteiger partial charge on any atom is 0.416 e. The standard InChI is InChI=1S/C23H24BrF3N2O/c24-19-15-17(23(25,26)27)9-10-18(19)21(30)28-20(16-7-2-1-3-8-16)22(11-6-12-22)29-13-4-5-14-29/h1-3,7-10,15,20H,4-6,11-14H2,(H,28,30). The molecule has 2 aromatic carbocycles. The van der Waals surface area contributed by atoms with Crippen molar-refractivity contribution in [3.63, 3.8) is 0 Å². The average Bonchev–Trinajstić information content (AvgIpc) is 3.21. The Morgan fingerprint density at radius 3 is 2.23 bits per heavy atom. The average molecular weight is 481 g/mol. The molecular formula is C23H24BrF3N2O. The van der Waals surface area contributed by atoms with E-state index >= 15 is 0 Å². The predicted molar refractivity (Wildman–Crippen MR) is 113 cm³/mol. The van der Waals surface area contributed by atoms with Gasteiger partial charge in [0.25, 0.3) is 5.91 Å². The van der Waals surface area contributed by atoms with Gasteiger partial charge in [-0.1, -0.05) is 30.3 Å². The molecule has 30 heavy (non-hydrogen) atoms. The van der Waals surface area contributed by atoms with Crippen LogP contribution in [0, 0.1) is 0 Å². The summed E-state index contributed by atoms with van der Waals surface area (Å²) < 4.78 is 39.1. The molecule has 1 saturated heterocycles. The highest BCUT2D eigenvalue weighted by Crippen LogP contribution is 2.48. The number of likely N-dealkylation sites (tertiary alicyclic amines) is 1. The summed E-state index contributed by atoms with van der Waals surface area (Å²) in [5, 5.41) is 3.18. The molecule has 160 valence electrons. The number of nitrogens with zero attached hydrogens (tertiary/aromatic N) is 1. The number of nitrogens with one attached hydrogen (secondary N) is 1. The molecule has 1 aliphatic heterocycles. The molecule has 1 N–H and O–H groups in total. The summed E-state index contributed by atoms with van der Waals surface area (Å²) >= 11 is 3.16. The number of hydrogen-bond acceptors (Lipinski definition) is 2. The van der Waals surface area contributed by atoms with Gasteiger partial charge in [0.05, 0.1) is 17.2 Å². The quantitative estimate of drug-likeness (QED) is 0.572. The molecule has 1 heterocycles. The van der Waals surface area contributed by atoms with Crippen molar-refractivity contribution in [3.8, 4) is 0 Å². The van der Waals surface area contributed by atoms with Crippen LogP contribution in [0.25, 0.3) is 0 Å². The minimum atomic E-state index is -4.45. The fourth-order valence-corrected chi connectivity index (χ4v) is 5.31. The lowest BCUT2D eigenvalue weighted by Gasteiger charge is -2.54. The van der Waals surface area contributed by atoms with Gasteiger partial charge in [-0.15, -0.1) is 0 Å². The summed E-state index contributed by atoms with van der Waals surface area (Å²) in [5.74, 6) is -0.366. The molecule has 0 spiro atoms. The van der Waals surface area contributed by atoms with E-state index in [1.54, 1.807) is 0 Å². The number of carbonyl (C=O) groups excluding carboxylic acids is 1. The molecule has 1 unspecified atom stereocenters. The highest BCUT2D eigenvalue weighted by molar-refractivity contribution is 9.10. The van der Waals surface area contributed by atoms with Crippen LogP contribution in [0.3, 0.4) is 0 Å². The summed E-state index contributed by atoms with van der Waals surface area (Å²) in [4.78, 5) is 15.7. The first-order valence-electron chi connectivity index (χ1n) is 10.3. The minimum absolute atomic E-state index is 0.133. The number of hydrogen-bond donors (Lipinski definition) is 1. The van der Waals surface area contributed by atoms with Crippen molar-refractivity contribution in [2.75, 3.05) is 13.1 Å². The fraction of sp³-hybridized carbons (Fsp3) is 0.435. The SMILES string of the molecule is O=C(NC(c1ccccc1)C1(N2CCCC2)CCC1)c1ccc(C(F)(F)F)cc1Br. The monoisotopic (exact) mass is 480 g/mol. The van der Waals surface area contributed by atoms with Crippen LogP contribution in [0.4, 0.5) is 13.2 Å². The molecule has 1 atom stereocenters. The number of amides is 1. The molecule has 2 fully saturated rings. The van der Waals surface area contributed by atoms with E-state index < -0.39 is 11.7 Å². The summed E-state index contributed by atoms with van der Waals surface area (Å²) in [5.41, 5.74) is 0.324. The third-order valence-corrected chi connectivity index (χ3v) is 7.10. The smallest absolute Gasteiger partial charge is 0.343 e. The zero-order valence-corrected chi connectivity index (χ0v) is 18.1. The second-order valence-electron chi connectivity index (χ2n) is 8.16. The summed E-state index contributed by atoms with van der Waals surface area (Å²) in [6.45, 7) is 2.03. The van der Waals surface area contributed by atoms with E-state index in [0.29, 0.717) is 0 Å². The van der Waals surface area contributed by atoms with Crippen LogP contribution in [-0.4, -0.2) is 29.4 Å². The van der Waals surface area contributed by atoms with Gasteiger partial charge in [-0.3, -0.25) is 9.69 Å². The molecule has 4 rings (SSSR count). The van der Waals surface area contributed by atoms with Gasteiger partial charge < -0.3 is 5.32 Å². The topological polar surface area (TPSA) is 32.3 Å². The first kappa shape index (κ1) is 21.4. The Kier molecular flexibility index (Phi) is 5.95. The van der Waals surface area contributed by atoms with E-state index in [-0.39, 0.29) is 27.5 Å². The lowest BCUT2D eigenvalue weighted by molar-refractivity contribution is -0.137. The first-order chi connectivity index (χ1) is 14.3. The molecule has 2 aromatic rings. The van der Waals surface area contributed by atoms with Gasteiger partial charge in [0.15, 0.2) is 0 Å². The second kappa shape index (κ2) is 8.35. The number of alkyl halides is 3. The van der Waals surface area contributed by atoms with Crippen LogP contribution in [0.15, 0.2) is 53.0 Å². The van der Waals surface area contributed by atoms with E-state index in [1.165, 1.54) is 6.07 Å². The molecule has 0 aromatic heterocycles. The lowest BCUT2D eigenvalue weighted by atomic mass is 9.68. The molecule has 1 aliphatic carbocycles. The number of rotatable bonds is 5. The minimum Gasteiger partial charge on any atom is -0.343 e. The lowest BCUT2D eigenvalue weighted by Crippen LogP contribution is -2.60. The van der Waals surface area contributed by atoms with Gasteiger partial charge in [-0.2, -0.15) is 13.2 Å².